The van der Waals surface area contributed by atoms with Crippen LogP contribution in [0.2, 0.25) is 0 Å². The summed E-state index contributed by atoms with van der Waals surface area (Å²) in [5.41, 5.74) is 3.76. The average Bonchev–Trinajstić information content (AvgIpc) is 2.38. The molecule has 0 aromatic heterocycles. The second-order valence-corrected chi connectivity index (χ2v) is 3.42. The molecule has 0 bridgehead atoms. The summed E-state index contributed by atoms with van der Waals surface area (Å²) in [7, 11) is 0. The second kappa shape index (κ2) is 4.46. The van der Waals surface area contributed by atoms with Crippen LogP contribution in [0.25, 0.3) is 22.0 Å². The molecular formula is C15H11N. The summed E-state index contributed by atoms with van der Waals surface area (Å²) in [6.45, 7) is 11.0. The summed E-state index contributed by atoms with van der Waals surface area (Å²) in [5, 5.41) is 0. The average molecular weight is 205 g/mol. The summed E-state index contributed by atoms with van der Waals surface area (Å²) < 4.78 is 0. The molecule has 1 nitrogen and oxygen atoms in total. The van der Waals surface area contributed by atoms with Crippen LogP contribution in [-0.4, -0.2) is 0 Å². The molecule has 0 fully saturated rings. The van der Waals surface area contributed by atoms with Gasteiger partial charge in [0.15, 0.2) is 5.69 Å². The first-order chi connectivity index (χ1) is 7.86. The lowest BCUT2D eigenvalue weighted by Crippen LogP contribution is -1.82. The van der Waals surface area contributed by atoms with E-state index in [1.807, 2.05) is 54.6 Å². The van der Waals surface area contributed by atoms with Crippen molar-refractivity contribution in [3.8, 4) is 11.1 Å². The van der Waals surface area contributed by atoms with Crippen LogP contribution in [0, 0.1) is 6.57 Å². The Hall–Kier alpha value is -2.33. The van der Waals surface area contributed by atoms with E-state index in [2.05, 4.69) is 11.4 Å². The minimum absolute atomic E-state index is 0.678. The lowest BCUT2D eigenvalue weighted by molar-refractivity contribution is 1.60. The van der Waals surface area contributed by atoms with Gasteiger partial charge in [0, 0.05) is 0 Å². The highest BCUT2D eigenvalue weighted by molar-refractivity contribution is 5.83. The molecular weight excluding hydrogens is 194 g/mol. The molecule has 0 aliphatic heterocycles. The zero-order chi connectivity index (χ0) is 11.4. The minimum Gasteiger partial charge on any atom is -0.238 e. The molecule has 0 saturated heterocycles. The Morgan fingerprint density at radius 1 is 0.938 bits per heavy atom. The number of rotatable bonds is 2. The van der Waals surface area contributed by atoms with Gasteiger partial charge in [0.1, 0.15) is 0 Å². The summed E-state index contributed by atoms with van der Waals surface area (Å²) in [6, 6.07) is 15.6. The fourth-order valence-electron chi connectivity index (χ4n) is 1.72. The van der Waals surface area contributed by atoms with Crippen LogP contribution in [0.5, 0.6) is 0 Å². The van der Waals surface area contributed by atoms with Crippen molar-refractivity contribution in [3.63, 3.8) is 0 Å². The molecule has 0 amide bonds. The van der Waals surface area contributed by atoms with Gasteiger partial charge >= 0.3 is 0 Å². The molecule has 2 aromatic carbocycles. The molecule has 0 atom stereocenters. The van der Waals surface area contributed by atoms with Crippen LogP contribution in [0.4, 0.5) is 5.69 Å². The van der Waals surface area contributed by atoms with Gasteiger partial charge in [0.2, 0.25) is 0 Å². The largest absolute Gasteiger partial charge is 0.238 e. The molecule has 2 rings (SSSR count). The van der Waals surface area contributed by atoms with Crippen molar-refractivity contribution in [2.45, 2.75) is 0 Å². The molecule has 16 heavy (non-hydrogen) atoms. The van der Waals surface area contributed by atoms with Crippen LogP contribution in [0.1, 0.15) is 5.56 Å². The summed E-state index contributed by atoms with van der Waals surface area (Å²) in [6.07, 6.45) is 1.82. The van der Waals surface area contributed by atoms with E-state index < -0.39 is 0 Å². The highest BCUT2D eigenvalue weighted by Gasteiger charge is 2.06. The van der Waals surface area contributed by atoms with Crippen molar-refractivity contribution in [1.29, 1.82) is 0 Å². The van der Waals surface area contributed by atoms with Gasteiger partial charge < -0.3 is 0 Å². The van der Waals surface area contributed by atoms with Crippen LogP contribution in [0.3, 0.4) is 0 Å². The number of benzene rings is 2. The maximum atomic E-state index is 7.16. The van der Waals surface area contributed by atoms with Gasteiger partial charge in [0.25, 0.3) is 0 Å². The standard InChI is InChI=1S/C15H11N/c1-3-12-8-4-5-9-13(12)14-10-6-7-11-15(14)16-2/h3-11H,1H2. The van der Waals surface area contributed by atoms with E-state index in [-0.39, 0.29) is 0 Å². The number of para-hydroxylation sites is 1. The Kier molecular flexibility index (Phi) is 2.84. The van der Waals surface area contributed by atoms with Crippen LogP contribution >= 0.6 is 0 Å². The molecule has 1 heteroatoms. The zero-order valence-electron chi connectivity index (χ0n) is 8.85. The predicted octanol–water partition coefficient (Wildman–Crippen LogP) is 4.55. The van der Waals surface area contributed by atoms with Crippen molar-refractivity contribution in [2.75, 3.05) is 0 Å². The number of hydrogen-bond donors (Lipinski definition) is 0. The minimum atomic E-state index is 0.678. The highest BCUT2D eigenvalue weighted by Crippen LogP contribution is 2.32. The maximum Gasteiger partial charge on any atom is 0.194 e. The fourth-order valence-corrected chi connectivity index (χ4v) is 1.72. The van der Waals surface area contributed by atoms with Gasteiger partial charge in [-0.15, -0.1) is 0 Å². The Bertz CT molecular complexity index is 562. The first kappa shape index (κ1) is 10.2. The number of nitrogens with zero attached hydrogens (tertiary/aromatic N) is 1. The lowest BCUT2D eigenvalue weighted by Gasteiger charge is -2.07. The smallest absolute Gasteiger partial charge is 0.194 e. The fraction of sp³-hybridized carbons (Fsp3) is 0. The summed E-state index contributed by atoms with van der Waals surface area (Å²) >= 11 is 0. The Morgan fingerprint density at radius 3 is 2.25 bits per heavy atom. The topological polar surface area (TPSA) is 4.36 Å². The Balaban J connectivity index is 2.68. The van der Waals surface area contributed by atoms with Gasteiger partial charge in [-0.3, -0.25) is 0 Å². The third-order valence-corrected chi connectivity index (χ3v) is 2.50. The molecule has 0 N–H and O–H groups in total. The van der Waals surface area contributed by atoms with E-state index in [0.29, 0.717) is 5.69 Å². The van der Waals surface area contributed by atoms with Crippen molar-refractivity contribution >= 4 is 11.8 Å². The van der Waals surface area contributed by atoms with Gasteiger partial charge in [-0.1, -0.05) is 61.2 Å². The van der Waals surface area contributed by atoms with Gasteiger partial charge in [0.05, 0.1) is 6.57 Å². The van der Waals surface area contributed by atoms with Crippen LogP contribution in [-0.2, 0) is 0 Å². The lowest BCUT2D eigenvalue weighted by atomic mass is 9.98. The molecule has 0 radical (unpaired) electrons. The van der Waals surface area contributed by atoms with E-state index in [1.54, 1.807) is 0 Å². The van der Waals surface area contributed by atoms with E-state index in [9.17, 15) is 0 Å². The maximum absolute atomic E-state index is 7.16. The molecule has 0 aliphatic carbocycles. The SMILES string of the molecule is [C-]#[N+]c1ccccc1-c1ccccc1C=C. The van der Waals surface area contributed by atoms with Crippen molar-refractivity contribution in [1.82, 2.24) is 0 Å². The predicted molar refractivity (Wildman–Crippen MR) is 68.2 cm³/mol. The van der Waals surface area contributed by atoms with E-state index in [1.165, 1.54) is 0 Å². The molecule has 0 saturated carbocycles. The quantitative estimate of drug-likeness (QED) is 0.633. The third-order valence-electron chi connectivity index (χ3n) is 2.50. The second-order valence-electron chi connectivity index (χ2n) is 3.42. The highest BCUT2D eigenvalue weighted by atomic mass is 14.6. The van der Waals surface area contributed by atoms with Crippen LogP contribution in [0.15, 0.2) is 55.1 Å². The van der Waals surface area contributed by atoms with Crippen molar-refractivity contribution in [2.24, 2.45) is 0 Å². The molecule has 76 valence electrons. The summed E-state index contributed by atoms with van der Waals surface area (Å²) in [4.78, 5) is 3.54. The molecule has 0 heterocycles. The van der Waals surface area contributed by atoms with E-state index in [0.717, 1.165) is 16.7 Å². The van der Waals surface area contributed by atoms with Gasteiger partial charge in [-0.05, 0) is 16.7 Å². The van der Waals surface area contributed by atoms with E-state index in [4.69, 9.17) is 6.57 Å². The molecule has 2 aromatic rings. The number of hydrogen-bond acceptors (Lipinski definition) is 0. The van der Waals surface area contributed by atoms with Crippen LogP contribution < -0.4 is 0 Å². The Labute approximate surface area is 95.5 Å². The molecule has 0 aliphatic rings. The zero-order valence-corrected chi connectivity index (χ0v) is 8.85. The Morgan fingerprint density at radius 2 is 1.56 bits per heavy atom. The summed E-state index contributed by atoms with van der Waals surface area (Å²) in [5.74, 6) is 0. The van der Waals surface area contributed by atoms with Gasteiger partial charge in [-0.2, -0.15) is 0 Å². The first-order valence-electron chi connectivity index (χ1n) is 5.05. The monoisotopic (exact) mass is 205 g/mol. The van der Waals surface area contributed by atoms with Crippen molar-refractivity contribution in [3.05, 3.63) is 72.1 Å². The molecule has 0 unspecified atom stereocenters. The molecule has 0 spiro atoms. The normalized spacial score (nSPS) is 9.44. The first-order valence-corrected chi connectivity index (χ1v) is 5.05. The van der Waals surface area contributed by atoms with E-state index >= 15 is 0 Å². The van der Waals surface area contributed by atoms with Gasteiger partial charge in [-0.25, -0.2) is 4.85 Å². The third kappa shape index (κ3) is 1.74. The van der Waals surface area contributed by atoms with Crippen molar-refractivity contribution < 1.29 is 0 Å².